The smallest absolute Gasteiger partial charge is 0.250 e. The molecule has 2 aromatic heterocycles. The van der Waals surface area contributed by atoms with Crippen LogP contribution in [0.15, 0.2) is 30.6 Å². The second-order valence-corrected chi connectivity index (χ2v) is 5.03. The van der Waals surface area contributed by atoms with Crippen LogP contribution in [0.3, 0.4) is 0 Å². The zero-order valence-corrected chi connectivity index (χ0v) is 11.8. The Morgan fingerprint density at radius 2 is 2.00 bits per heavy atom. The first-order valence-corrected chi connectivity index (χ1v) is 6.66. The van der Waals surface area contributed by atoms with Crippen LogP contribution in [0.25, 0.3) is 11.2 Å². The number of imidazole rings is 1. The molecule has 1 aromatic carbocycles. The Morgan fingerprint density at radius 1 is 1.20 bits per heavy atom. The van der Waals surface area contributed by atoms with Crippen LogP contribution in [-0.2, 0) is 0 Å². The zero-order chi connectivity index (χ0) is 14.1. The monoisotopic (exact) mass is 288 g/mol. The third-order valence-corrected chi connectivity index (χ3v) is 3.14. The van der Waals surface area contributed by atoms with Crippen LogP contribution in [0.1, 0.15) is 25.3 Å². The summed E-state index contributed by atoms with van der Waals surface area (Å²) in [5, 5.41) is 0.113. The van der Waals surface area contributed by atoms with Gasteiger partial charge in [-0.3, -0.25) is 0 Å². The second kappa shape index (κ2) is 5.09. The number of hydrogen-bond acceptors (Lipinski definition) is 4. The van der Waals surface area contributed by atoms with Crippen molar-refractivity contribution in [2.24, 2.45) is 0 Å². The van der Waals surface area contributed by atoms with Crippen molar-refractivity contribution in [3.8, 4) is 11.6 Å². The minimum absolute atomic E-state index is 0.113. The van der Waals surface area contributed by atoms with Gasteiger partial charge in [-0.2, -0.15) is 9.97 Å². The summed E-state index contributed by atoms with van der Waals surface area (Å²) in [7, 11) is 0. The summed E-state index contributed by atoms with van der Waals surface area (Å²) in [6.07, 6.45) is 1.54. The highest BCUT2D eigenvalue weighted by Crippen LogP contribution is 2.32. The van der Waals surface area contributed by atoms with E-state index in [1.54, 1.807) is 0 Å². The van der Waals surface area contributed by atoms with Crippen LogP contribution in [0.2, 0.25) is 5.28 Å². The normalized spacial score (nSPS) is 11.2. The Bertz CT molecular complexity index is 754. The summed E-state index contributed by atoms with van der Waals surface area (Å²) in [6.45, 7) is 4.22. The highest BCUT2D eigenvalue weighted by Gasteiger charge is 2.14. The maximum absolute atomic E-state index is 5.92. The molecule has 1 N–H and O–H groups in total. The minimum atomic E-state index is 0.113. The van der Waals surface area contributed by atoms with Crippen molar-refractivity contribution >= 4 is 22.8 Å². The number of hydrogen-bond donors (Lipinski definition) is 1. The highest BCUT2D eigenvalue weighted by molar-refractivity contribution is 6.28. The van der Waals surface area contributed by atoms with E-state index in [4.69, 9.17) is 16.3 Å². The van der Waals surface area contributed by atoms with Gasteiger partial charge < -0.3 is 9.72 Å². The van der Waals surface area contributed by atoms with E-state index in [0.29, 0.717) is 23.0 Å². The van der Waals surface area contributed by atoms with Crippen LogP contribution in [-0.4, -0.2) is 19.9 Å². The third-order valence-electron chi connectivity index (χ3n) is 2.97. The molecular weight excluding hydrogens is 276 g/mol. The molecule has 5 nitrogen and oxygen atoms in total. The van der Waals surface area contributed by atoms with Gasteiger partial charge in [-0.15, -0.1) is 0 Å². The topological polar surface area (TPSA) is 63.7 Å². The average Bonchev–Trinajstić information content (AvgIpc) is 2.87. The lowest BCUT2D eigenvalue weighted by atomic mass is 10.0. The molecule has 0 aliphatic carbocycles. The van der Waals surface area contributed by atoms with Crippen molar-refractivity contribution in [1.29, 1.82) is 0 Å². The molecule has 0 aliphatic heterocycles. The van der Waals surface area contributed by atoms with Crippen LogP contribution < -0.4 is 4.74 Å². The molecule has 0 bridgehead atoms. The SMILES string of the molecule is CC(C)c1ccccc1Oc1nc(Cl)nc2nc[nH]c12. The van der Waals surface area contributed by atoms with Gasteiger partial charge in [0.1, 0.15) is 11.3 Å². The summed E-state index contributed by atoms with van der Waals surface area (Å²) in [6, 6.07) is 7.86. The molecule has 3 rings (SSSR count). The maximum Gasteiger partial charge on any atom is 0.250 e. The van der Waals surface area contributed by atoms with E-state index in [1.807, 2.05) is 24.3 Å². The Balaban J connectivity index is 2.08. The van der Waals surface area contributed by atoms with Crippen molar-refractivity contribution in [3.05, 3.63) is 41.4 Å². The number of benzene rings is 1. The first-order valence-electron chi connectivity index (χ1n) is 6.28. The van der Waals surface area contributed by atoms with E-state index in [2.05, 4.69) is 33.8 Å². The minimum Gasteiger partial charge on any atom is -0.437 e. The van der Waals surface area contributed by atoms with Gasteiger partial charge in [-0.1, -0.05) is 32.0 Å². The van der Waals surface area contributed by atoms with E-state index < -0.39 is 0 Å². The molecule has 2 heterocycles. The Morgan fingerprint density at radius 3 is 2.80 bits per heavy atom. The molecule has 0 radical (unpaired) electrons. The predicted molar refractivity (Wildman–Crippen MR) is 77.3 cm³/mol. The fraction of sp³-hybridized carbons (Fsp3) is 0.214. The number of nitrogens with zero attached hydrogens (tertiary/aromatic N) is 3. The number of aromatic nitrogens is 4. The average molecular weight is 289 g/mol. The summed E-state index contributed by atoms with van der Waals surface area (Å²) >= 11 is 5.89. The number of halogens is 1. The fourth-order valence-electron chi connectivity index (χ4n) is 2.01. The number of fused-ring (bicyclic) bond motifs is 1. The first-order chi connectivity index (χ1) is 9.65. The van der Waals surface area contributed by atoms with E-state index >= 15 is 0 Å². The van der Waals surface area contributed by atoms with Gasteiger partial charge >= 0.3 is 0 Å². The quantitative estimate of drug-likeness (QED) is 0.742. The predicted octanol–water partition coefficient (Wildman–Crippen LogP) is 3.92. The first kappa shape index (κ1) is 12.9. The number of ether oxygens (including phenoxy) is 1. The molecule has 0 amide bonds. The Hall–Kier alpha value is -2.14. The number of aromatic amines is 1. The van der Waals surface area contributed by atoms with Crippen molar-refractivity contribution in [3.63, 3.8) is 0 Å². The van der Waals surface area contributed by atoms with Gasteiger partial charge in [0, 0.05) is 0 Å². The fourth-order valence-corrected chi connectivity index (χ4v) is 2.17. The van der Waals surface area contributed by atoms with Gasteiger partial charge in [0.15, 0.2) is 5.65 Å². The van der Waals surface area contributed by atoms with E-state index in [1.165, 1.54) is 6.33 Å². The summed E-state index contributed by atoms with van der Waals surface area (Å²) < 4.78 is 5.92. The number of H-pyrrole nitrogens is 1. The zero-order valence-electron chi connectivity index (χ0n) is 11.1. The van der Waals surface area contributed by atoms with E-state index in [9.17, 15) is 0 Å². The molecule has 0 saturated carbocycles. The van der Waals surface area contributed by atoms with Gasteiger partial charge in [-0.05, 0) is 29.1 Å². The van der Waals surface area contributed by atoms with E-state index in [0.717, 1.165) is 11.3 Å². The van der Waals surface area contributed by atoms with Gasteiger partial charge in [0.25, 0.3) is 0 Å². The van der Waals surface area contributed by atoms with Crippen molar-refractivity contribution < 1.29 is 4.74 Å². The van der Waals surface area contributed by atoms with Gasteiger partial charge in [-0.25, -0.2) is 4.98 Å². The second-order valence-electron chi connectivity index (χ2n) is 4.69. The number of rotatable bonds is 3. The molecule has 102 valence electrons. The summed E-state index contributed by atoms with van der Waals surface area (Å²) in [4.78, 5) is 15.2. The molecule has 0 fully saturated rings. The van der Waals surface area contributed by atoms with Crippen LogP contribution in [0.4, 0.5) is 0 Å². The molecule has 0 atom stereocenters. The number of nitrogens with one attached hydrogen (secondary N) is 1. The lowest BCUT2D eigenvalue weighted by Crippen LogP contribution is -1.97. The summed E-state index contributed by atoms with van der Waals surface area (Å²) in [5.41, 5.74) is 2.23. The number of para-hydroxylation sites is 1. The standard InChI is InChI=1S/C14H13ClN4O/c1-8(2)9-5-3-4-6-10(9)20-13-11-12(17-7-16-11)18-14(15)19-13/h3-8H,1-2H3,(H,16,17,18,19). The Labute approximate surface area is 121 Å². The van der Waals surface area contributed by atoms with Gasteiger partial charge in [0.05, 0.1) is 6.33 Å². The lowest BCUT2D eigenvalue weighted by molar-refractivity contribution is 0.458. The molecule has 0 saturated heterocycles. The molecule has 6 heteroatoms. The molecule has 0 aliphatic rings. The molecule has 0 unspecified atom stereocenters. The third kappa shape index (κ3) is 2.32. The van der Waals surface area contributed by atoms with Crippen LogP contribution in [0, 0.1) is 0 Å². The maximum atomic E-state index is 5.92. The van der Waals surface area contributed by atoms with Gasteiger partial charge in [0.2, 0.25) is 11.2 Å². The molecule has 0 spiro atoms. The van der Waals surface area contributed by atoms with Crippen molar-refractivity contribution in [2.75, 3.05) is 0 Å². The van der Waals surface area contributed by atoms with Crippen molar-refractivity contribution in [1.82, 2.24) is 19.9 Å². The lowest BCUT2D eigenvalue weighted by Gasteiger charge is -2.13. The van der Waals surface area contributed by atoms with E-state index in [-0.39, 0.29) is 5.28 Å². The van der Waals surface area contributed by atoms with Crippen LogP contribution in [0.5, 0.6) is 11.6 Å². The molecule has 3 aromatic rings. The molecule has 20 heavy (non-hydrogen) atoms. The highest BCUT2D eigenvalue weighted by atomic mass is 35.5. The molecular formula is C14H13ClN4O. The largest absolute Gasteiger partial charge is 0.437 e. The Kier molecular flexibility index (Phi) is 3.28. The summed E-state index contributed by atoms with van der Waals surface area (Å²) in [5.74, 6) is 1.49. The van der Waals surface area contributed by atoms with Crippen molar-refractivity contribution in [2.45, 2.75) is 19.8 Å². The van der Waals surface area contributed by atoms with Crippen LogP contribution >= 0.6 is 11.6 Å².